The smallest absolute Gasteiger partial charge is 0.243 e. The fourth-order valence-electron chi connectivity index (χ4n) is 3.81. The van der Waals surface area contributed by atoms with Gasteiger partial charge in [-0.25, -0.2) is 12.8 Å². The summed E-state index contributed by atoms with van der Waals surface area (Å²) in [5.41, 5.74) is 3.02. The molecular formula is C21H25FN2O3S. The number of hydrogen-bond donors (Lipinski definition) is 0. The third-order valence-electron chi connectivity index (χ3n) is 5.74. The topological polar surface area (TPSA) is 49.9 Å². The van der Waals surface area contributed by atoms with Gasteiger partial charge in [-0.2, -0.15) is 4.31 Å². The van der Waals surface area contributed by atoms with Crippen molar-refractivity contribution in [3.05, 3.63) is 53.3 Å². The summed E-state index contributed by atoms with van der Waals surface area (Å²) < 4.78 is 47.4. The average Bonchev–Trinajstić information content (AvgIpc) is 2.63. The van der Waals surface area contributed by atoms with Gasteiger partial charge in [0.15, 0.2) is 0 Å². The highest BCUT2D eigenvalue weighted by molar-refractivity contribution is 7.89. The number of aryl methyl sites for hydroxylation is 2. The van der Waals surface area contributed by atoms with Gasteiger partial charge in [0, 0.05) is 37.8 Å². The summed E-state index contributed by atoms with van der Waals surface area (Å²) in [5, 5.41) is 0. The molecule has 0 spiro atoms. The number of sulfonamides is 1. The van der Waals surface area contributed by atoms with Crippen LogP contribution in [0.15, 0.2) is 41.3 Å². The molecule has 2 heterocycles. The molecule has 2 aromatic carbocycles. The molecule has 28 heavy (non-hydrogen) atoms. The van der Waals surface area contributed by atoms with Crippen molar-refractivity contribution in [1.29, 1.82) is 0 Å². The quantitative estimate of drug-likeness (QED) is 0.786. The summed E-state index contributed by atoms with van der Waals surface area (Å²) in [6.45, 7) is 7.89. The highest BCUT2D eigenvalue weighted by Crippen LogP contribution is 2.34. The first-order valence-corrected chi connectivity index (χ1v) is 11.0. The summed E-state index contributed by atoms with van der Waals surface area (Å²) in [6.07, 6.45) is 0. The summed E-state index contributed by atoms with van der Waals surface area (Å²) in [6, 6.07) is 9.90. The Morgan fingerprint density at radius 1 is 1.04 bits per heavy atom. The monoisotopic (exact) mass is 404 g/mol. The largest absolute Gasteiger partial charge is 0.379 e. The van der Waals surface area contributed by atoms with E-state index in [4.69, 9.17) is 4.74 Å². The van der Waals surface area contributed by atoms with Gasteiger partial charge < -0.3 is 4.74 Å². The third kappa shape index (κ3) is 3.59. The maximum absolute atomic E-state index is 13.8. The van der Waals surface area contributed by atoms with Gasteiger partial charge in [0.05, 0.1) is 18.1 Å². The number of ether oxygens (including phenoxy) is 1. The fraction of sp³-hybridized carbons (Fsp3) is 0.429. The third-order valence-corrected chi connectivity index (χ3v) is 7.61. The Labute approximate surface area is 165 Å². The van der Waals surface area contributed by atoms with Crippen LogP contribution in [-0.2, 0) is 14.8 Å². The van der Waals surface area contributed by atoms with Crippen molar-refractivity contribution in [2.45, 2.75) is 24.8 Å². The molecule has 0 saturated carbocycles. The van der Waals surface area contributed by atoms with E-state index >= 15 is 0 Å². The Morgan fingerprint density at radius 2 is 1.71 bits per heavy atom. The van der Waals surface area contributed by atoms with Crippen LogP contribution in [0.4, 0.5) is 4.39 Å². The van der Waals surface area contributed by atoms with Crippen LogP contribution in [0.3, 0.4) is 0 Å². The molecule has 2 aliphatic heterocycles. The standard InChI is InChI=1S/C21H25FN2O3S/c1-15-10-20(17-4-3-5-18(22)12-17)21(11-16(15)2)28(25,26)24-13-19(14-24)23-6-8-27-9-7-23/h3-5,10-12,19H,6-9,13-14H2,1-2H3. The Balaban J connectivity index is 1.65. The molecule has 0 atom stereocenters. The van der Waals surface area contributed by atoms with Gasteiger partial charge in [0.25, 0.3) is 0 Å². The molecule has 0 radical (unpaired) electrons. The first kappa shape index (κ1) is 19.5. The van der Waals surface area contributed by atoms with Crippen LogP contribution in [0.2, 0.25) is 0 Å². The number of halogens is 1. The lowest BCUT2D eigenvalue weighted by molar-refractivity contribution is -0.0116. The van der Waals surface area contributed by atoms with Crippen molar-refractivity contribution in [3.63, 3.8) is 0 Å². The lowest BCUT2D eigenvalue weighted by Gasteiger charge is -2.45. The van der Waals surface area contributed by atoms with Gasteiger partial charge in [0.2, 0.25) is 10.0 Å². The first-order chi connectivity index (χ1) is 13.4. The fourth-order valence-corrected chi connectivity index (χ4v) is 5.61. The molecule has 5 nitrogen and oxygen atoms in total. The van der Waals surface area contributed by atoms with Crippen LogP contribution in [-0.4, -0.2) is 63.1 Å². The van der Waals surface area contributed by atoms with Gasteiger partial charge in [-0.05, 0) is 54.8 Å². The maximum atomic E-state index is 13.8. The summed E-state index contributed by atoms with van der Waals surface area (Å²) >= 11 is 0. The minimum Gasteiger partial charge on any atom is -0.379 e. The lowest BCUT2D eigenvalue weighted by atomic mass is 10.0. The molecular weight excluding hydrogens is 379 g/mol. The normalized spacial score (nSPS) is 19.5. The minimum absolute atomic E-state index is 0.239. The van der Waals surface area contributed by atoms with Gasteiger partial charge in [-0.15, -0.1) is 0 Å². The van der Waals surface area contributed by atoms with E-state index in [0.29, 0.717) is 37.4 Å². The molecule has 150 valence electrons. The van der Waals surface area contributed by atoms with E-state index in [0.717, 1.165) is 24.2 Å². The molecule has 4 rings (SSSR count). The van der Waals surface area contributed by atoms with Crippen LogP contribution in [0.1, 0.15) is 11.1 Å². The number of rotatable bonds is 4. The second kappa shape index (κ2) is 7.55. The van der Waals surface area contributed by atoms with Crippen molar-refractivity contribution in [1.82, 2.24) is 9.21 Å². The molecule has 0 aliphatic carbocycles. The molecule has 0 unspecified atom stereocenters. The molecule has 2 fully saturated rings. The van der Waals surface area contributed by atoms with Crippen LogP contribution in [0.5, 0.6) is 0 Å². The predicted octanol–water partition coefficient (Wildman–Crippen LogP) is 2.81. The van der Waals surface area contributed by atoms with Crippen LogP contribution < -0.4 is 0 Å². The van der Waals surface area contributed by atoms with E-state index in [1.807, 2.05) is 19.9 Å². The molecule has 0 bridgehead atoms. The Morgan fingerprint density at radius 3 is 2.39 bits per heavy atom. The molecule has 7 heteroatoms. The van der Waals surface area contributed by atoms with E-state index in [1.54, 1.807) is 18.2 Å². The van der Waals surface area contributed by atoms with Crippen molar-refractivity contribution < 1.29 is 17.5 Å². The van der Waals surface area contributed by atoms with Crippen LogP contribution in [0, 0.1) is 19.7 Å². The Bertz CT molecular complexity index is 981. The molecule has 0 N–H and O–H groups in total. The van der Waals surface area contributed by atoms with E-state index in [1.165, 1.54) is 16.4 Å². The van der Waals surface area contributed by atoms with Crippen LogP contribution in [0.25, 0.3) is 11.1 Å². The molecule has 0 amide bonds. The zero-order valence-corrected chi connectivity index (χ0v) is 17.0. The SMILES string of the molecule is Cc1cc(-c2cccc(F)c2)c(S(=O)(=O)N2CC(N3CCOCC3)C2)cc1C. The van der Waals surface area contributed by atoms with Crippen molar-refractivity contribution >= 4 is 10.0 Å². The zero-order valence-electron chi connectivity index (χ0n) is 16.2. The maximum Gasteiger partial charge on any atom is 0.243 e. The van der Waals surface area contributed by atoms with Gasteiger partial charge in [0.1, 0.15) is 5.82 Å². The second-order valence-electron chi connectivity index (χ2n) is 7.57. The number of nitrogens with zero attached hydrogens (tertiary/aromatic N) is 2. The number of morpholine rings is 1. The number of benzene rings is 2. The Kier molecular flexibility index (Phi) is 5.26. The Hall–Kier alpha value is -1.80. The number of hydrogen-bond acceptors (Lipinski definition) is 4. The summed E-state index contributed by atoms with van der Waals surface area (Å²) in [5.74, 6) is -0.379. The van der Waals surface area contributed by atoms with Crippen LogP contribution >= 0.6 is 0 Å². The minimum atomic E-state index is -3.65. The van der Waals surface area contributed by atoms with Gasteiger partial charge in [-0.1, -0.05) is 12.1 Å². The predicted molar refractivity (Wildman–Crippen MR) is 106 cm³/mol. The highest BCUT2D eigenvalue weighted by Gasteiger charge is 2.41. The zero-order chi connectivity index (χ0) is 19.9. The molecule has 2 saturated heterocycles. The van der Waals surface area contributed by atoms with Gasteiger partial charge in [-0.3, -0.25) is 4.90 Å². The van der Waals surface area contributed by atoms with Gasteiger partial charge >= 0.3 is 0 Å². The lowest BCUT2D eigenvalue weighted by Crippen LogP contribution is -2.62. The van der Waals surface area contributed by atoms with Crippen molar-refractivity contribution in [2.75, 3.05) is 39.4 Å². The molecule has 0 aromatic heterocycles. The summed E-state index contributed by atoms with van der Waals surface area (Å²) in [7, 11) is -3.65. The van der Waals surface area contributed by atoms with Crippen molar-refractivity contribution in [2.24, 2.45) is 0 Å². The summed E-state index contributed by atoms with van der Waals surface area (Å²) in [4.78, 5) is 2.55. The molecule has 2 aromatic rings. The highest BCUT2D eigenvalue weighted by atomic mass is 32.2. The average molecular weight is 405 g/mol. The van der Waals surface area contributed by atoms with E-state index in [-0.39, 0.29) is 16.8 Å². The second-order valence-corrected chi connectivity index (χ2v) is 9.47. The van der Waals surface area contributed by atoms with E-state index in [2.05, 4.69) is 4.90 Å². The molecule has 2 aliphatic rings. The van der Waals surface area contributed by atoms with E-state index in [9.17, 15) is 12.8 Å². The first-order valence-electron chi connectivity index (χ1n) is 9.55. The van der Waals surface area contributed by atoms with Crippen molar-refractivity contribution in [3.8, 4) is 11.1 Å². The van der Waals surface area contributed by atoms with E-state index < -0.39 is 10.0 Å².